The van der Waals surface area contributed by atoms with Gasteiger partial charge in [0.1, 0.15) is 11.3 Å². The third kappa shape index (κ3) is 4.16. The number of carbonyl (C=O) groups excluding carboxylic acids is 2. The minimum Gasteiger partial charge on any atom is -0.469 e. The van der Waals surface area contributed by atoms with Gasteiger partial charge in [-0.25, -0.2) is 4.98 Å². The van der Waals surface area contributed by atoms with Gasteiger partial charge < -0.3 is 33.7 Å². The first-order chi connectivity index (χ1) is 19.6. The van der Waals surface area contributed by atoms with E-state index in [1.807, 2.05) is 36.4 Å². The number of hydrogen-bond acceptors (Lipinski definition) is 8. The van der Waals surface area contributed by atoms with Gasteiger partial charge in [0, 0.05) is 25.2 Å². The molecule has 0 saturated heterocycles. The summed E-state index contributed by atoms with van der Waals surface area (Å²) in [4.78, 5) is 32.6. The quantitative estimate of drug-likeness (QED) is 0.352. The predicted octanol–water partition coefficient (Wildman–Crippen LogP) is 4.68. The number of amides is 1. The number of hydrogen-bond donors (Lipinski definition) is 1. The zero-order chi connectivity index (χ0) is 27.2. The Balaban J connectivity index is 1.16. The van der Waals surface area contributed by atoms with Crippen LogP contribution in [0.25, 0.3) is 11.0 Å². The Labute approximate surface area is 230 Å². The number of fused-ring (bicyclic) bond motifs is 5. The van der Waals surface area contributed by atoms with Gasteiger partial charge in [0.15, 0.2) is 17.2 Å². The van der Waals surface area contributed by atoms with Gasteiger partial charge >= 0.3 is 5.97 Å². The van der Waals surface area contributed by atoms with E-state index in [1.165, 1.54) is 7.11 Å². The number of benzene rings is 3. The highest BCUT2D eigenvalue weighted by molar-refractivity contribution is 5.97. The van der Waals surface area contributed by atoms with Crippen molar-refractivity contribution in [2.75, 3.05) is 32.3 Å². The maximum atomic E-state index is 13.7. The molecule has 10 heteroatoms. The van der Waals surface area contributed by atoms with E-state index in [-0.39, 0.29) is 19.1 Å². The van der Waals surface area contributed by atoms with Gasteiger partial charge in [-0.2, -0.15) is 0 Å². The van der Waals surface area contributed by atoms with Crippen LogP contribution in [0.4, 0.5) is 5.95 Å². The number of anilines is 1. The molecule has 1 unspecified atom stereocenters. The summed E-state index contributed by atoms with van der Waals surface area (Å²) < 4.78 is 24.4. The fourth-order valence-corrected chi connectivity index (χ4v) is 5.74. The van der Waals surface area contributed by atoms with Crippen LogP contribution in [0.2, 0.25) is 0 Å². The lowest BCUT2D eigenvalue weighted by Crippen LogP contribution is -2.41. The van der Waals surface area contributed by atoms with Crippen molar-refractivity contribution in [2.24, 2.45) is 0 Å². The van der Waals surface area contributed by atoms with Crippen LogP contribution in [-0.2, 0) is 22.5 Å². The van der Waals surface area contributed by atoms with Gasteiger partial charge in [-0.15, -0.1) is 0 Å². The molecule has 0 radical (unpaired) electrons. The zero-order valence-corrected chi connectivity index (χ0v) is 22.0. The molecule has 1 amide bonds. The smallest absolute Gasteiger partial charge is 0.307 e. The predicted molar refractivity (Wildman–Crippen MR) is 146 cm³/mol. The molecule has 4 aromatic rings. The first kappa shape index (κ1) is 24.3. The van der Waals surface area contributed by atoms with Crippen LogP contribution in [0.1, 0.15) is 40.4 Å². The van der Waals surface area contributed by atoms with Gasteiger partial charge in [0.05, 0.1) is 25.1 Å². The molecular formula is C30H28N4O6. The molecule has 0 fully saturated rings. The normalized spacial score (nSPS) is 16.2. The number of aryl methyl sites for hydroxylation is 1. The second kappa shape index (κ2) is 9.78. The van der Waals surface area contributed by atoms with E-state index < -0.39 is 12.0 Å². The van der Waals surface area contributed by atoms with Crippen molar-refractivity contribution in [3.63, 3.8) is 0 Å². The summed E-state index contributed by atoms with van der Waals surface area (Å²) in [5.41, 5.74) is 4.12. The second-order valence-corrected chi connectivity index (χ2v) is 10.1. The summed E-state index contributed by atoms with van der Waals surface area (Å²) in [6.45, 7) is 2.42. The average Bonchev–Trinajstić information content (AvgIpc) is 3.61. The lowest BCUT2D eigenvalue weighted by Gasteiger charge is -2.35. The van der Waals surface area contributed by atoms with Crippen LogP contribution in [-0.4, -0.2) is 53.3 Å². The van der Waals surface area contributed by atoms with E-state index in [1.54, 1.807) is 17.0 Å². The highest BCUT2D eigenvalue weighted by Gasteiger charge is 2.34. The molecule has 1 aromatic heterocycles. The van der Waals surface area contributed by atoms with E-state index in [0.29, 0.717) is 41.5 Å². The number of imidazole rings is 1. The van der Waals surface area contributed by atoms with Crippen LogP contribution >= 0.6 is 0 Å². The van der Waals surface area contributed by atoms with Crippen molar-refractivity contribution in [3.05, 3.63) is 71.3 Å². The van der Waals surface area contributed by atoms with E-state index >= 15 is 0 Å². The summed E-state index contributed by atoms with van der Waals surface area (Å²) in [5, 5.41) is 3.35. The highest BCUT2D eigenvalue weighted by atomic mass is 16.7. The molecular weight excluding hydrogens is 512 g/mol. The number of esters is 1. The van der Waals surface area contributed by atoms with Gasteiger partial charge in [-0.1, -0.05) is 12.1 Å². The van der Waals surface area contributed by atoms with E-state index in [0.717, 1.165) is 47.6 Å². The SMILES string of the molecule is COC(=O)CC(c1ccc2c(c1)OCO2)N1CCc2cc(Oc3cccc4c3nc3n4CCCN3)ccc2C1=O. The molecule has 10 nitrogen and oxygen atoms in total. The molecule has 204 valence electrons. The molecule has 3 aliphatic heterocycles. The Morgan fingerprint density at radius 1 is 1.10 bits per heavy atom. The summed E-state index contributed by atoms with van der Waals surface area (Å²) in [7, 11) is 1.35. The Kier molecular flexibility index (Phi) is 5.95. The second-order valence-electron chi connectivity index (χ2n) is 10.1. The topological polar surface area (TPSA) is 104 Å². The van der Waals surface area contributed by atoms with Crippen molar-refractivity contribution in [1.82, 2.24) is 14.5 Å². The van der Waals surface area contributed by atoms with Crippen molar-refractivity contribution in [3.8, 4) is 23.0 Å². The average molecular weight is 541 g/mol. The number of aromatic nitrogens is 2. The third-order valence-corrected chi connectivity index (χ3v) is 7.75. The van der Waals surface area contributed by atoms with E-state index in [9.17, 15) is 9.59 Å². The molecule has 3 aliphatic rings. The fourth-order valence-electron chi connectivity index (χ4n) is 5.74. The van der Waals surface area contributed by atoms with Gasteiger partial charge in [-0.3, -0.25) is 9.59 Å². The number of nitrogens with one attached hydrogen (secondary N) is 1. The summed E-state index contributed by atoms with van der Waals surface area (Å²) in [6.07, 6.45) is 1.70. The van der Waals surface area contributed by atoms with Crippen LogP contribution < -0.4 is 19.5 Å². The number of ether oxygens (including phenoxy) is 4. The minimum atomic E-state index is -0.503. The monoisotopic (exact) mass is 540 g/mol. The van der Waals surface area contributed by atoms with E-state index in [4.69, 9.17) is 23.9 Å². The van der Waals surface area contributed by atoms with Gasteiger partial charge in [-0.05, 0) is 66.4 Å². The molecule has 0 spiro atoms. The molecule has 1 atom stereocenters. The number of para-hydroxylation sites is 1. The highest BCUT2D eigenvalue weighted by Crippen LogP contribution is 2.39. The van der Waals surface area contributed by atoms with Crippen molar-refractivity contribution >= 4 is 28.9 Å². The van der Waals surface area contributed by atoms with Crippen molar-refractivity contribution < 1.29 is 28.5 Å². The van der Waals surface area contributed by atoms with Crippen molar-refractivity contribution in [2.45, 2.75) is 31.8 Å². The van der Waals surface area contributed by atoms with E-state index in [2.05, 4.69) is 16.0 Å². The lowest BCUT2D eigenvalue weighted by atomic mass is 9.94. The molecule has 7 rings (SSSR count). The fraction of sp³-hybridized carbons (Fsp3) is 0.300. The summed E-state index contributed by atoms with van der Waals surface area (Å²) in [5.74, 6) is 2.88. The minimum absolute atomic E-state index is 0.0336. The Bertz CT molecular complexity index is 1650. The largest absolute Gasteiger partial charge is 0.469 e. The Morgan fingerprint density at radius 2 is 2.00 bits per heavy atom. The van der Waals surface area contributed by atoms with Crippen LogP contribution in [0.3, 0.4) is 0 Å². The third-order valence-electron chi connectivity index (χ3n) is 7.75. The molecule has 0 aliphatic carbocycles. The zero-order valence-electron chi connectivity index (χ0n) is 22.0. The maximum Gasteiger partial charge on any atom is 0.307 e. The molecule has 1 N–H and O–H groups in total. The molecule has 0 saturated carbocycles. The first-order valence-electron chi connectivity index (χ1n) is 13.4. The number of nitrogens with zero attached hydrogens (tertiary/aromatic N) is 3. The summed E-state index contributed by atoms with van der Waals surface area (Å²) in [6, 6.07) is 16.5. The number of rotatable bonds is 6. The molecule has 3 aromatic carbocycles. The summed E-state index contributed by atoms with van der Waals surface area (Å²) >= 11 is 0. The van der Waals surface area contributed by atoms with Gasteiger partial charge in [0.2, 0.25) is 12.7 Å². The molecule has 40 heavy (non-hydrogen) atoms. The Morgan fingerprint density at radius 3 is 2.90 bits per heavy atom. The number of carbonyl (C=O) groups is 2. The molecule has 4 heterocycles. The molecule has 0 bridgehead atoms. The first-order valence-corrected chi connectivity index (χ1v) is 13.4. The maximum absolute atomic E-state index is 13.7. The van der Waals surface area contributed by atoms with Crippen LogP contribution in [0.5, 0.6) is 23.0 Å². The lowest BCUT2D eigenvalue weighted by molar-refractivity contribution is -0.141. The van der Waals surface area contributed by atoms with Crippen LogP contribution in [0, 0.1) is 0 Å². The number of methoxy groups -OCH3 is 1. The standard InChI is InChI=1S/C30H28N4O6/c1-37-27(35)16-23(19-6-9-24-26(15-19)39-17-38-24)33-13-10-18-14-20(7-8-21(18)29(33)36)40-25-5-2-4-22-28(25)32-30-31-11-3-12-34(22)30/h2,4-9,14-15,23H,3,10-13,16-17H2,1H3,(H,31,32). The van der Waals surface area contributed by atoms with Gasteiger partial charge in [0.25, 0.3) is 5.91 Å². The Hall–Kier alpha value is -4.73. The van der Waals surface area contributed by atoms with Crippen LogP contribution in [0.15, 0.2) is 54.6 Å². The van der Waals surface area contributed by atoms with Crippen molar-refractivity contribution in [1.29, 1.82) is 0 Å².